The van der Waals surface area contributed by atoms with Gasteiger partial charge in [0.25, 0.3) is 0 Å². The van der Waals surface area contributed by atoms with E-state index in [2.05, 4.69) is 22.9 Å². The molecule has 0 saturated carbocycles. The van der Waals surface area contributed by atoms with E-state index in [0.29, 0.717) is 24.2 Å². The Hall–Kier alpha value is -3.73. The van der Waals surface area contributed by atoms with Gasteiger partial charge in [-0.25, -0.2) is 9.83 Å². The summed E-state index contributed by atoms with van der Waals surface area (Å²) in [5.74, 6) is 0.462. The monoisotopic (exact) mass is 467 g/mol. The molecule has 35 heavy (non-hydrogen) atoms. The van der Waals surface area contributed by atoms with E-state index in [1.807, 2.05) is 53.9 Å². The first-order valence-corrected chi connectivity index (χ1v) is 11.9. The first-order chi connectivity index (χ1) is 17.1. The van der Waals surface area contributed by atoms with E-state index in [9.17, 15) is 5.11 Å². The Labute approximate surface area is 205 Å². The molecule has 1 saturated heterocycles. The number of likely N-dealkylation sites (tertiary alicyclic amines) is 1. The van der Waals surface area contributed by atoms with Gasteiger partial charge in [0, 0.05) is 24.9 Å². The molecule has 4 aromatic rings. The summed E-state index contributed by atoms with van der Waals surface area (Å²) >= 11 is 0. The summed E-state index contributed by atoms with van der Waals surface area (Å²) in [6.45, 7) is 12.0. The highest BCUT2D eigenvalue weighted by molar-refractivity contribution is 5.90. The van der Waals surface area contributed by atoms with Crippen molar-refractivity contribution in [2.75, 3.05) is 26.7 Å². The third-order valence-electron chi connectivity index (χ3n) is 6.76. The lowest BCUT2D eigenvalue weighted by Crippen LogP contribution is -2.35. The molecule has 0 aliphatic carbocycles. The second-order valence-electron chi connectivity index (χ2n) is 9.28. The minimum absolute atomic E-state index is 0.00275. The fraction of sp³-hybridized carbons (Fsp3) is 0.321. The molecule has 0 radical (unpaired) electrons. The molecule has 1 fully saturated rings. The van der Waals surface area contributed by atoms with Gasteiger partial charge in [0.05, 0.1) is 31.0 Å². The topological polar surface area (TPSA) is 67.2 Å². The van der Waals surface area contributed by atoms with E-state index in [1.54, 1.807) is 6.20 Å². The van der Waals surface area contributed by atoms with Gasteiger partial charge in [-0.3, -0.25) is 4.40 Å². The number of aromatic nitrogens is 3. The molecule has 3 heterocycles. The van der Waals surface area contributed by atoms with Crippen LogP contribution in [0.1, 0.15) is 24.0 Å². The Morgan fingerprint density at radius 1 is 1.17 bits per heavy atom. The van der Waals surface area contributed by atoms with Crippen LogP contribution in [-0.2, 0) is 6.61 Å². The zero-order valence-electron chi connectivity index (χ0n) is 20.1. The first-order valence-electron chi connectivity index (χ1n) is 11.9. The van der Waals surface area contributed by atoms with Gasteiger partial charge in [-0.15, -0.1) is 0 Å². The normalized spacial score (nSPS) is 16.3. The molecule has 0 amide bonds. The molecular formula is C28H29N5O2. The highest BCUT2D eigenvalue weighted by atomic mass is 16.5. The smallest absolute Gasteiger partial charge is 0.302 e. The Morgan fingerprint density at radius 3 is 2.69 bits per heavy atom. The predicted octanol–water partition coefficient (Wildman–Crippen LogP) is 5.14. The predicted molar refractivity (Wildman–Crippen MR) is 136 cm³/mol. The van der Waals surface area contributed by atoms with Crippen molar-refractivity contribution in [3.05, 3.63) is 77.4 Å². The average Bonchev–Trinajstić information content (AvgIpc) is 3.37. The van der Waals surface area contributed by atoms with Crippen LogP contribution in [0.4, 0.5) is 5.69 Å². The van der Waals surface area contributed by atoms with Crippen molar-refractivity contribution < 1.29 is 9.84 Å². The molecule has 5 rings (SSSR count). The van der Waals surface area contributed by atoms with Crippen molar-refractivity contribution in [3.8, 4) is 28.4 Å². The highest BCUT2D eigenvalue weighted by Gasteiger charge is 2.22. The number of piperidine rings is 1. The number of benzene rings is 2. The maximum atomic E-state index is 9.65. The van der Waals surface area contributed by atoms with E-state index in [-0.39, 0.29) is 6.61 Å². The Bertz CT molecular complexity index is 1390. The lowest BCUT2D eigenvalue weighted by Gasteiger charge is -2.29. The molecule has 1 aliphatic heterocycles. The number of hydrogen-bond acceptors (Lipinski definition) is 5. The van der Waals surface area contributed by atoms with Crippen LogP contribution in [0.3, 0.4) is 0 Å². The summed E-state index contributed by atoms with van der Waals surface area (Å²) in [5, 5.41) is 9.65. The quantitative estimate of drug-likeness (QED) is 0.398. The molecule has 0 bridgehead atoms. The maximum Gasteiger partial charge on any atom is 0.302 e. The minimum atomic E-state index is -0.00275. The summed E-state index contributed by atoms with van der Waals surface area (Å²) in [6, 6.07) is 14.0. The summed E-state index contributed by atoms with van der Waals surface area (Å²) in [5.41, 5.74) is 6.74. The molecule has 7 nitrogen and oxygen atoms in total. The summed E-state index contributed by atoms with van der Waals surface area (Å²) in [6.07, 6.45) is 5.98. The Balaban J connectivity index is 1.63. The second kappa shape index (κ2) is 9.87. The number of aryl methyl sites for hydroxylation is 1. The van der Waals surface area contributed by atoms with Crippen molar-refractivity contribution in [2.24, 2.45) is 5.92 Å². The van der Waals surface area contributed by atoms with Gasteiger partial charge in [0.1, 0.15) is 0 Å². The van der Waals surface area contributed by atoms with Crippen molar-refractivity contribution in [1.82, 2.24) is 19.3 Å². The first kappa shape index (κ1) is 23.0. The number of aliphatic hydroxyl groups is 1. The molecule has 178 valence electrons. The van der Waals surface area contributed by atoms with E-state index in [0.717, 1.165) is 58.7 Å². The standard InChI is InChI=1S/C28H29N5O2/c1-19-15-22(6-7-23(19)17-34)25-26(21-8-10-24(29-2)11-9-21)31-28(33-14-12-30-27(25)33)35-18-20-5-4-13-32(3)16-20/h6-12,14-15,20,34H,4-5,13,16-18H2,1,3H3/t20-/m1/s1. The van der Waals surface area contributed by atoms with Gasteiger partial charge in [-0.05, 0) is 55.6 Å². The summed E-state index contributed by atoms with van der Waals surface area (Å²) < 4.78 is 8.24. The Kier molecular flexibility index (Phi) is 6.49. The van der Waals surface area contributed by atoms with E-state index >= 15 is 0 Å². The maximum absolute atomic E-state index is 9.65. The second-order valence-corrected chi connectivity index (χ2v) is 9.28. The van der Waals surface area contributed by atoms with E-state index in [1.165, 1.54) is 6.42 Å². The van der Waals surface area contributed by atoms with Gasteiger partial charge >= 0.3 is 6.01 Å². The van der Waals surface area contributed by atoms with Crippen LogP contribution in [0.25, 0.3) is 32.9 Å². The van der Waals surface area contributed by atoms with Gasteiger partial charge in [0.2, 0.25) is 0 Å². The number of rotatable bonds is 6. The number of fused-ring (bicyclic) bond motifs is 1. The molecule has 1 aliphatic rings. The molecular weight excluding hydrogens is 438 g/mol. The van der Waals surface area contributed by atoms with Crippen LogP contribution < -0.4 is 4.74 Å². The molecule has 7 heteroatoms. The Morgan fingerprint density at radius 2 is 1.97 bits per heavy atom. The largest absolute Gasteiger partial charge is 0.464 e. The summed E-state index contributed by atoms with van der Waals surface area (Å²) in [7, 11) is 2.15. The third-order valence-corrected chi connectivity index (χ3v) is 6.76. The molecule has 2 aromatic heterocycles. The SMILES string of the molecule is [C-]#[N+]c1ccc(-c2nc(OC[C@@H]3CCCN(C)C3)n3ccnc3c2-c2ccc(CO)c(C)c2)cc1. The van der Waals surface area contributed by atoms with Crippen LogP contribution in [0, 0.1) is 19.4 Å². The highest BCUT2D eigenvalue weighted by Crippen LogP contribution is 2.37. The summed E-state index contributed by atoms with van der Waals surface area (Å²) in [4.78, 5) is 15.6. The van der Waals surface area contributed by atoms with E-state index < -0.39 is 0 Å². The average molecular weight is 468 g/mol. The fourth-order valence-corrected chi connectivity index (χ4v) is 4.85. The lowest BCUT2D eigenvalue weighted by atomic mass is 9.96. The van der Waals surface area contributed by atoms with Crippen LogP contribution in [0.2, 0.25) is 0 Å². The van der Waals surface area contributed by atoms with Crippen molar-refractivity contribution in [1.29, 1.82) is 0 Å². The molecule has 1 atom stereocenters. The van der Waals surface area contributed by atoms with Crippen molar-refractivity contribution in [2.45, 2.75) is 26.4 Å². The number of aliphatic hydroxyl groups excluding tert-OH is 1. The molecule has 0 spiro atoms. The third kappa shape index (κ3) is 4.63. The number of ether oxygens (including phenoxy) is 1. The van der Waals surface area contributed by atoms with Gasteiger partial charge in [-0.1, -0.05) is 42.5 Å². The fourth-order valence-electron chi connectivity index (χ4n) is 4.85. The van der Waals surface area contributed by atoms with Crippen LogP contribution in [0.15, 0.2) is 54.9 Å². The van der Waals surface area contributed by atoms with E-state index in [4.69, 9.17) is 21.3 Å². The number of hydrogen-bond donors (Lipinski definition) is 1. The number of nitrogens with zero attached hydrogens (tertiary/aromatic N) is 5. The zero-order chi connectivity index (χ0) is 24.4. The van der Waals surface area contributed by atoms with Crippen LogP contribution >= 0.6 is 0 Å². The van der Waals surface area contributed by atoms with Crippen molar-refractivity contribution in [3.63, 3.8) is 0 Å². The van der Waals surface area contributed by atoms with Crippen LogP contribution in [0.5, 0.6) is 6.01 Å². The van der Waals surface area contributed by atoms with Gasteiger partial charge in [0.15, 0.2) is 11.3 Å². The zero-order valence-corrected chi connectivity index (χ0v) is 20.1. The van der Waals surface area contributed by atoms with Crippen LogP contribution in [-0.4, -0.2) is 51.1 Å². The van der Waals surface area contributed by atoms with Gasteiger partial charge in [-0.2, -0.15) is 4.98 Å². The lowest BCUT2D eigenvalue weighted by molar-refractivity contribution is 0.143. The van der Waals surface area contributed by atoms with Gasteiger partial charge < -0.3 is 14.7 Å². The molecule has 1 N–H and O–H groups in total. The molecule has 0 unspecified atom stereocenters. The molecule has 2 aromatic carbocycles. The van der Waals surface area contributed by atoms with Crippen molar-refractivity contribution >= 4 is 11.3 Å². The minimum Gasteiger partial charge on any atom is -0.464 e. The number of imidazole rings is 1.